The standard InChI is InChI=1S/C20H20FNO3/c1-11(2)20-16(10-19(24)25)15-9-14(23)5-7-18(15)22(20)13-4-6-17(21)12(3)8-13/h4-9,11,23H,10H2,1-3H3,(H,24,25). The number of halogens is 1. The van der Waals surface area contributed by atoms with Crippen LogP contribution in [0.1, 0.15) is 36.6 Å². The second kappa shape index (κ2) is 6.24. The van der Waals surface area contributed by atoms with Gasteiger partial charge in [0.1, 0.15) is 11.6 Å². The molecule has 5 heteroatoms. The third-order valence-electron chi connectivity index (χ3n) is 4.37. The molecule has 0 fully saturated rings. The number of carboxylic acids is 1. The van der Waals surface area contributed by atoms with E-state index >= 15 is 0 Å². The van der Waals surface area contributed by atoms with E-state index in [2.05, 4.69) is 0 Å². The van der Waals surface area contributed by atoms with Crippen LogP contribution in [0, 0.1) is 12.7 Å². The van der Waals surface area contributed by atoms with Gasteiger partial charge in [0, 0.05) is 16.8 Å². The summed E-state index contributed by atoms with van der Waals surface area (Å²) in [5, 5.41) is 19.9. The van der Waals surface area contributed by atoms with Crippen molar-refractivity contribution in [2.24, 2.45) is 0 Å². The third kappa shape index (κ3) is 2.97. The van der Waals surface area contributed by atoms with Gasteiger partial charge >= 0.3 is 5.97 Å². The summed E-state index contributed by atoms with van der Waals surface area (Å²) in [5.41, 5.74) is 3.62. The fourth-order valence-electron chi connectivity index (χ4n) is 3.35. The SMILES string of the molecule is Cc1cc(-n2c(C(C)C)c(CC(=O)O)c3cc(O)ccc32)ccc1F. The van der Waals surface area contributed by atoms with E-state index in [1.54, 1.807) is 37.3 Å². The minimum absolute atomic E-state index is 0.0502. The Labute approximate surface area is 145 Å². The fraction of sp³-hybridized carbons (Fsp3) is 0.250. The summed E-state index contributed by atoms with van der Waals surface area (Å²) in [6.07, 6.45) is -0.138. The number of aryl methyl sites for hydroxylation is 1. The molecular formula is C20H20FNO3. The average Bonchev–Trinajstić information content (AvgIpc) is 2.83. The van der Waals surface area contributed by atoms with Gasteiger partial charge in [-0.3, -0.25) is 4.79 Å². The topological polar surface area (TPSA) is 62.5 Å². The Morgan fingerprint density at radius 1 is 1.20 bits per heavy atom. The van der Waals surface area contributed by atoms with Crippen LogP contribution < -0.4 is 0 Å². The molecule has 0 bridgehead atoms. The van der Waals surface area contributed by atoms with E-state index in [1.165, 1.54) is 6.07 Å². The van der Waals surface area contributed by atoms with Gasteiger partial charge in [0.15, 0.2) is 0 Å². The lowest BCUT2D eigenvalue weighted by Crippen LogP contribution is -2.08. The van der Waals surface area contributed by atoms with Gasteiger partial charge < -0.3 is 14.8 Å². The van der Waals surface area contributed by atoms with Gasteiger partial charge in [0.2, 0.25) is 0 Å². The molecule has 0 spiro atoms. The summed E-state index contributed by atoms with van der Waals surface area (Å²) in [4.78, 5) is 11.4. The molecule has 0 radical (unpaired) electrons. The number of fused-ring (bicyclic) bond motifs is 1. The maximum atomic E-state index is 13.7. The van der Waals surface area contributed by atoms with E-state index in [0.29, 0.717) is 16.5 Å². The van der Waals surface area contributed by atoms with Crippen molar-refractivity contribution in [3.05, 3.63) is 59.0 Å². The van der Waals surface area contributed by atoms with Crippen LogP contribution in [-0.2, 0) is 11.2 Å². The summed E-state index contributed by atoms with van der Waals surface area (Å²) < 4.78 is 15.7. The molecule has 0 aliphatic heterocycles. The average molecular weight is 341 g/mol. The predicted molar refractivity (Wildman–Crippen MR) is 95.1 cm³/mol. The number of benzene rings is 2. The Kier molecular flexibility index (Phi) is 4.25. The van der Waals surface area contributed by atoms with Crippen molar-refractivity contribution in [1.29, 1.82) is 0 Å². The van der Waals surface area contributed by atoms with Crippen molar-refractivity contribution in [3.8, 4) is 11.4 Å². The maximum absolute atomic E-state index is 13.7. The maximum Gasteiger partial charge on any atom is 0.307 e. The van der Waals surface area contributed by atoms with Gasteiger partial charge in [-0.15, -0.1) is 0 Å². The third-order valence-corrected chi connectivity index (χ3v) is 4.37. The van der Waals surface area contributed by atoms with Gasteiger partial charge in [-0.1, -0.05) is 13.8 Å². The predicted octanol–water partition coefficient (Wildman–Crippen LogP) is 4.53. The highest BCUT2D eigenvalue weighted by atomic mass is 19.1. The van der Waals surface area contributed by atoms with Crippen LogP contribution in [0.2, 0.25) is 0 Å². The minimum Gasteiger partial charge on any atom is -0.508 e. The van der Waals surface area contributed by atoms with Gasteiger partial charge in [0.05, 0.1) is 11.9 Å². The van der Waals surface area contributed by atoms with Crippen LogP contribution in [0.25, 0.3) is 16.6 Å². The van der Waals surface area contributed by atoms with Gasteiger partial charge in [-0.05, 0) is 60.4 Å². The molecule has 0 unspecified atom stereocenters. The molecular weight excluding hydrogens is 321 g/mol. The number of aromatic hydroxyl groups is 1. The smallest absolute Gasteiger partial charge is 0.307 e. The van der Waals surface area contributed by atoms with E-state index in [4.69, 9.17) is 0 Å². The Morgan fingerprint density at radius 2 is 1.92 bits per heavy atom. The van der Waals surface area contributed by atoms with E-state index < -0.39 is 5.97 Å². The summed E-state index contributed by atoms with van der Waals surface area (Å²) in [7, 11) is 0. The Hall–Kier alpha value is -2.82. The number of carboxylic acid groups (broad SMARTS) is 1. The molecule has 1 heterocycles. The number of aromatic nitrogens is 1. The highest BCUT2D eigenvalue weighted by Crippen LogP contribution is 2.36. The van der Waals surface area contributed by atoms with Gasteiger partial charge in [-0.2, -0.15) is 0 Å². The molecule has 2 aromatic carbocycles. The first-order valence-corrected chi connectivity index (χ1v) is 8.14. The molecule has 4 nitrogen and oxygen atoms in total. The minimum atomic E-state index is -0.931. The molecule has 1 aromatic heterocycles. The second-order valence-electron chi connectivity index (χ2n) is 6.56. The molecule has 130 valence electrons. The summed E-state index contributed by atoms with van der Waals surface area (Å²) >= 11 is 0. The molecule has 2 N–H and O–H groups in total. The highest BCUT2D eigenvalue weighted by Gasteiger charge is 2.22. The first kappa shape index (κ1) is 17.0. The molecule has 0 atom stereocenters. The molecule has 3 aromatic rings. The van der Waals surface area contributed by atoms with E-state index in [-0.39, 0.29) is 23.9 Å². The molecule has 3 rings (SSSR count). The normalized spacial score (nSPS) is 11.4. The van der Waals surface area contributed by atoms with Crippen LogP contribution in [0.5, 0.6) is 5.75 Å². The van der Waals surface area contributed by atoms with Crippen LogP contribution >= 0.6 is 0 Å². The van der Waals surface area contributed by atoms with Crippen molar-refractivity contribution >= 4 is 16.9 Å². The number of aliphatic carboxylic acids is 1. The zero-order valence-corrected chi connectivity index (χ0v) is 14.4. The first-order valence-electron chi connectivity index (χ1n) is 8.14. The number of phenolic OH excluding ortho intramolecular Hbond substituents is 1. The molecule has 0 saturated heterocycles. The van der Waals surface area contributed by atoms with Crippen LogP contribution in [0.3, 0.4) is 0 Å². The van der Waals surface area contributed by atoms with Gasteiger partial charge in [-0.25, -0.2) is 4.39 Å². The van der Waals surface area contributed by atoms with Crippen molar-refractivity contribution in [2.45, 2.75) is 33.1 Å². The Morgan fingerprint density at radius 3 is 2.52 bits per heavy atom. The first-order chi connectivity index (χ1) is 11.8. The molecule has 0 amide bonds. The van der Waals surface area contributed by atoms with E-state index in [1.807, 2.05) is 18.4 Å². The van der Waals surface area contributed by atoms with Gasteiger partial charge in [0.25, 0.3) is 0 Å². The van der Waals surface area contributed by atoms with Crippen LogP contribution in [-0.4, -0.2) is 20.7 Å². The lowest BCUT2D eigenvalue weighted by Gasteiger charge is -2.16. The number of nitrogens with zero attached hydrogens (tertiary/aromatic N) is 1. The number of phenols is 1. The summed E-state index contributed by atoms with van der Waals surface area (Å²) in [6, 6.07) is 9.78. The lowest BCUT2D eigenvalue weighted by molar-refractivity contribution is -0.136. The molecule has 25 heavy (non-hydrogen) atoms. The highest BCUT2D eigenvalue weighted by molar-refractivity contribution is 5.91. The lowest BCUT2D eigenvalue weighted by atomic mass is 10.0. The fourth-order valence-corrected chi connectivity index (χ4v) is 3.35. The van der Waals surface area contributed by atoms with E-state index in [9.17, 15) is 19.4 Å². The van der Waals surface area contributed by atoms with E-state index in [0.717, 1.165) is 16.9 Å². The zero-order valence-electron chi connectivity index (χ0n) is 14.4. The molecule has 0 saturated carbocycles. The second-order valence-corrected chi connectivity index (χ2v) is 6.56. The molecule has 0 aliphatic rings. The quantitative estimate of drug-likeness (QED) is 0.732. The monoisotopic (exact) mass is 341 g/mol. The Bertz CT molecular complexity index is 973. The largest absolute Gasteiger partial charge is 0.508 e. The van der Waals surface area contributed by atoms with Crippen molar-refractivity contribution in [2.75, 3.05) is 0 Å². The Balaban J connectivity index is 2.42. The van der Waals surface area contributed by atoms with Crippen molar-refractivity contribution in [3.63, 3.8) is 0 Å². The summed E-state index contributed by atoms with van der Waals surface area (Å²) in [6.45, 7) is 5.68. The van der Waals surface area contributed by atoms with Crippen molar-refractivity contribution < 1.29 is 19.4 Å². The number of hydrogen-bond acceptors (Lipinski definition) is 2. The number of carbonyl (C=O) groups is 1. The summed E-state index contributed by atoms with van der Waals surface area (Å²) in [5.74, 6) is -1.08. The molecule has 0 aliphatic carbocycles. The van der Waals surface area contributed by atoms with Crippen LogP contribution in [0.15, 0.2) is 36.4 Å². The zero-order chi connectivity index (χ0) is 18.3. The van der Waals surface area contributed by atoms with Crippen LogP contribution in [0.4, 0.5) is 4.39 Å². The van der Waals surface area contributed by atoms with Crippen molar-refractivity contribution in [1.82, 2.24) is 4.57 Å². The number of hydrogen-bond donors (Lipinski definition) is 2. The number of rotatable bonds is 4.